The Morgan fingerprint density at radius 3 is 2.42 bits per heavy atom. The first-order chi connectivity index (χ1) is 11.5. The number of aliphatic imine (C=N–C) groups is 1. The summed E-state index contributed by atoms with van der Waals surface area (Å²) < 4.78 is 0. The monoisotopic (exact) mass is 337 g/mol. The molecule has 0 saturated heterocycles. The van der Waals surface area contributed by atoms with Crippen LogP contribution in [0.15, 0.2) is 17.3 Å². The summed E-state index contributed by atoms with van der Waals surface area (Å²) in [7, 11) is 6.36. The number of nitrogens with zero attached hydrogens (tertiary/aromatic N) is 3. The Morgan fingerprint density at radius 2 is 1.88 bits per heavy atom. The summed E-state index contributed by atoms with van der Waals surface area (Å²) in [5, 5.41) is 6.73. The van der Waals surface area contributed by atoms with E-state index >= 15 is 0 Å². The van der Waals surface area contributed by atoms with Gasteiger partial charge in [0.05, 0.1) is 12.2 Å². The molecular weight excluding hydrogens is 298 g/mol. The van der Waals surface area contributed by atoms with E-state index in [9.17, 15) is 0 Å². The third-order valence-electron chi connectivity index (χ3n) is 4.92. The Bertz CT molecular complexity index is 401. The van der Waals surface area contributed by atoms with Crippen LogP contribution in [0.5, 0.6) is 0 Å². The van der Waals surface area contributed by atoms with Crippen molar-refractivity contribution in [1.29, 1.82) is 0 Å². The maximum absolute atomic E-state index is 5.07. The summed E-state index contributed by atoms with van der Waals surface area (Å²) in [6.07, 6.45) is 7.97. The number of rotatable bonds is 12. The molecule has 140 valence electrons. The van der Waals surface area contributed by atoms with E-state index in [2.05, 4.69) is 74.5 Å². The van der Waals surface area contributed by atoms with Crippen LogP contribution in [0.3, 0.4) is 0 Å². The molecule has 0 bridgehead atoms. The Kier molecular flexibility index (Phi) is 9.56. The van der Waals surface area contributed by atoms with Crippen molar-refractivity contribution in [1.82, 2.24) is 20.4 Å². The molecule has 0 amide bonds. The minimum absolute atomic E-state index is 0.323. The maximum Gasteiger partial charge on any atom is 0.0719 e. The van der Waals surface area contributed by atoms with E-state index in [1.165, 1.54) is 5.71 Å². The molecule has 0 aromatic heterocycles. The molecule has 1 saturated carbocycles. The molecule has 24 heavy (non-hydrogen) atoms. The fraction of sp³-hybridized carbons (Fsp3) is 0.842. The second-order valence-electron chi connectivity index (χ2n) is 6.91. The van der Waals surface area contributed by atoms with E-state index in [-0.39, 0.29) is 0 Å². The van der Waals surface area contributed by atoms with E-state index in [1.807, 2.05) is 7.05 Å². The molecule has 0 aliphatic heterocycles. The summed E-state index contributed by atoms with van der Waals surface area (Å²) in [6.45, 7) is 10.7. The summed E-state index contributed by atoms with van der Waals surface area (Å²) in [5.41, 5.74) is 1.35. The predicted molar refractivity (Wildman–Crippen MR) is 105 cm³/mol. The second-order valence-corrected chi connectivity index (χ2v) is 6.91. The summed E-state index contributed by atoms with van der Waals surface area (Å²) >= 11 is 0. The smallest absolute Gasteiger partial charge is 0.0719 e. The zero-order chi connectivity index (χ0) is 18.1. The Hall–Kier alpha value is -0.910. The van der Waals surface area contributed by atoms with Gasteiger partial charge >= 0.3 is 0 Å². The number of hydrogen-bond donors (Lipinski definition) is 2. The van der Waals surface area contributed by atoms with Gasteiger partial charge in [-0.2, -0.15) is 0 Å². The minimum Gasteiger partial charge on any atom is -0.380 e. The van der Waals surface area contributed by atoms with E-state index in [0.29, 0.717) is 24.2 Å². The zero-order valence-electron chi connectivity index (χ0n) is 16.8. The number of hydrogen-bond acceptors (Lipinski definition) is 5. The molecule has 0 spiro atoms. The van der Waals surface area contributed by atoms with Crippen molar-refractivity contribution in [3.8, 4) is 0 Å². The molecule has 1 fully saturated rings. The highest BCUT2D eigenvalue weighted by Crippen LogP contribution is 2.39. The first-order valence-corrected chi connectivity index (χ1v) is 9.51. The highest BCUT2D eigenvalue weighted by molar-refractivity contribution is 5.84. The van der Waals surface area contributed by atoms with Gasteiger partial charge in [-0.25, -0.2) is 0 Å². The molecule has 1 rings (SSSR count). The highest BCUT2D eigenvalue weighted by Gasteiger charge is 2.52. The minimum atomic E-state index is 0.323. The van der Waals surface area contributed by atoms with Crippen LogP contribution in [-0.2, 0) is 0 Å². The van der Waals surface area contributed by atoms with Crippen LogP contribution in [0.2, 0.25) is 0 Å². The molecule has 5 nitrogen and oxygen atoms in total. The van der Waals surface area contributed by atoms with Crippen molar-refractivity contribution in [2.24, 2.45) is 10.9 Å². The Morgan fingerprint density at radius 1 is 1.21 bits per heavy atom. The van der Waals surface area contributed by atoms with Gasteiger partial charge in [0.25, 0.3) is 0 Å². The van der Waals surface area contributed by atoms with Gasteiger partial charge in [0.1, 0.15) is 0 Å². The summed E-state index contributed by atoms with van der Waals surface area (Å²) in [5.74, 6) is 0.612. The lowest BCUT2D eigenvalue weighted by atomic mass is 10.2. The molecule has 1 aliphatic rings. The SMILES string of the molecule is CCC=CN(C)CC1C(N=C(CC)CC)C1N(C)CNC(C)NC. The third kappa shape index (κ3) is 6.54. The van der Waals surface area contributed by atoms with Crippen LogP contribution in [-0.4, -0.2) is 68.1 Å². The van der Waals surface area contributed by atoms with Crippen molar-refractivity contribution in [2.45, 2.75) is 65.2 Å². The number of likely N-dealkylation sites (N-methyl/N-ethyl adjacent to an activating group) is 1. The predicted octanol–water partition coefficient (Wildman–Crippen LogP) is 2.51. The Balaban J connectivity index is 2.69. The quantitative estimate of drug-likeness (QED) is 0.424. The molecule has 2 N–H and O–H groups in total. The average Bonchev–Trinajstić information content (AvgIpc) is 3.26. The van der Waals surface area contributed by atoms with Gasteiger partial charge in [-0.15, -0.1) is 0 Å². The molecular formula is C19H39N5. The fourth-order valence-corrected chi connectivity index (χ4v) is 3.12. The van der Waals surface area contributed by atoms with Crippen molar-refractivity contribution in [3.05, 3.63) is 12.3 Å². The molecule has 0 radical (unpaired) electrons. The lowest BCUT2D eigenvalue weighted by molar-refractivity contribution is 0.254. The normalized spacial score (nSPS) is 24.4. The van der Waals surface area contributed by atoms with Crippen molar-refractivity contribution in [3.63, 3.8) is 0 Å². The second kappa shape index (κ2) is 10.9. The molecule has 0 aromatic rings. The van der Waals surface area contributed by atoms with Crippen LogP contribution in [0, 0.1) is 5.92 Å². The molecule has 1 aliphatic carbocycles. The van der Waals surface area contributed by atoms with E-state index < -0.39 is 0 Å². The first-order valence-electron chi connectivity index (χ1n) is 9.51. The van der Waals surface area contributed by atoms with Gasteiger partial charge in [-0.1, -0.05) is 26.8 Å². The lowest BCUT2D eigenvalue weighted by Crippen LogP contribution is -2.44. The standard InChI is InChI=1S/C19H39N5/c1-8-11-12-23(6)13-17-18(22-16(9-2)10-3)19(17)24(7)14-21-15(4)20-5/h11-12,15,17-21H,8-10,13-14H2,1-7H3. The van der Waals surface area contributed by atoms with Crippen molar-refractivity contribution >= 4 is 5.71 Å². The summed E-state index contributed by atoms with van der Waals surface area (Å²) in [6, 6.07) is 0.973. The first kappa shape index (κ1) is 21.1. The van der Waals surface area contributed by atoms with Crippen LogP contribution in [0.25, 0.3) is 0 Å². The highest BCUT2D eigenvalue weighted by atomic mass is 15.3. The van der Waals surface area contributed by atoms with Gasteiger partial charge < -0.3 is 10.2 Å². The number of allylic oxidation sites excluding steroid dienone is 1. The Labute approximate surface area is 149 Å². The van der Waals surface area contributed by atoms with Crippen LogP contribution in [0.1, 0.15) is 47.0 Å². The molecule has 5 heteroatoms. The van der Waals surface area contributed by atoms with Crippen LogP contribution >= 0.6 is 0 Å². The fourth-order valence-electron chi connectivity index (χ4n) is 3.12. The van der Waals surface area contributed by atoms with E-state index in [0.717, 1.165) is 32.5 Å². The van der Waals surface area contributed by atoms with Crippen molar-refractivity contribution in [2.75, 3.05) is 34.4 Å². The molecule has 4 unspecified atom stereocenters. The van der Waals surface area contributed by atoms with Gasteiger partial charge in [0.2, 0.25) is 0 Å². The van der Waals surface area contributed by atoms with Crippen LogP contribution < -0.4 is 10.6 Å². The van der Waals surface area contributed by atoms with Gasteiger partial charge in [0.15, 0.2) is 0 Å². The lowest BCUT2D eigenvalue weighted by Gasteiger charge is -2.21. The van der Waals surface area contributed by atoms with Gasteiger partial charge in [-0.3, -0.25) is 15.2 Å². The van der Waals surface area contributed by atoms with Gasteiger partial charge in [0, 0.05) is 37.9 Å². The molecule has 4 atom stereocenters. The summed E-state index contributed by atoms with van der Waals surface area (Å²) in [4.78, 5) is 9.81. The van der Waals surface area contributed by atoms with E-state index in [4.69, 9.17) is 4.99 Å². The number of nitrogens with one attached hydrogen (secondary N) is 2. The van der Waals surface area contributed by atoms with Crippen LogP contribution in [0.4, 0.5) is 0 Å². The average molecular weight is 338 g/mol. The van der Waals surface area contributed by atoms with Crippen molar-refractivity contribution < 1.29 is 0 Å². The topological polar surface area (TPSA) is 42.9 Å². The molecule has 0 heterocycles. The van der Waals surface area contributed by atoms with E-state index in [1.54, 1.807) is 0 Å². The third-order valence-corrected chi connectivity index (χ3v) is 4.92. The molecule has 0 aromatic carbocycles. The largest absolute Gasteiger partial charge is 0.380 e. The zero-order valence-corrected chi connectivity index (χ0v) is 16.8. The van der Waals surface area contributed by atoms with Gasteiger partial charge in [-0.05, 0) is 46.5 Å². The maximum atomic E-state index is 5.07.